The van der Waals surface area contributed by atoms with E-state index in [1.54, 1.807) is 0 Å². The number of hydrogen-bond donors (Lipinski definition) is 0. The first-order valence-electron chi connectivity index (χ1n) is 5.13. The van der Waals surface area contributed by atoms with Gasteiger partial charge in [-0.15, -0.1) is 0 Å². The molecule has 12 heavy (non-hydrogen) atoms. The molecule has 0 aromatic rings. The van der Waals surface area contributed by atoms with Gasteiger partial charge in [-0.25, -0.2) is 0 Å². The second-order valence-electron chi connectivity index (χ2n) is 3.82. The zero-order valence-electron chi connectivity index (χ0n) is 7.95. The van der Waals surface area contributed by atoms with Gasteiger partial charge >= 0.3 is 0 Å². The van der Waals surface area contributed by atoms with E-state index in [0.29, 0.717) is 24.2 Å². The molecule has 2 rings (SSSR count). The summed E-state index contributed by atoms with van der Waals surface area (Å²) in [5.41, 5.74) is 0. The van der Waals surface area contributed by atoms with Crippen molar-refractivity contribution in [3.8, 4) is 0 Å². The van der Waals surface area contributed by atoms with Crippen LogP contribution in [0.1, 0.15) is 33.1 Å². The van der Waals surface area contributed by atoms with E-state index in [1.165, 1.54) is 6.42 Å². The lowest BCUT2D eigenvalue weighted by molar-refractivity contribution is -0.0194. The lowest BCUT2D eigenvalue weighted by atomic mass is 9.93. The van der Waals surface area contributed by atoms with Gasteiger partial charge in [0.25, 0.3) is 0 Å². The molecule has 0 N–H and O–H groups in total. The van der Waals surface area contributed by atoms with Crippen LogP contribution >= 0.6 is 0 Å². The number of rotatable bonds is 2. The fourth-order valence-electron chi connectivity index (χ4n) is 2.54. The highest BCUT2D eigenvalue weighted by molar-refractivity contribution is 4.93. The molecule has 70 valence electrons. The molecular weight excluding hydrogens is 152 g/mol. The van der Waals surface area contributed by atoms with E-state index in [4.69, 9.17) is 9.47 Å². The Morgan fingerprint density at radius 2 is 1.92 bits per heavy atom. The molecular formula is C10H18O2. The Hall–Kier alpha value is -0.0800. The Kier molecular flexibility index (Phi) is 2.37. The molecule has 0 aliphatic carbocycles. The van der Waals surface area contributed by atoms with Crippen LogP contribution in [0.4, 0.5) is 0 Å². The highest BCUT2D eigenvalue weighted by atomic mass is 16.6. The lowest BCUT2D eigenvalue weighted by Crippen LogP contribution is -2.23. The first kappa shape index (κ1) is 8.52. The lowest BCUT2D eigenvalue weighted by Gasteiger charge is -2.14. The third-order valence-corrected chi connectivity index (χ3v) is 3.18. The van der Waals surface area contributed by atoms with E-state index in [0.717, 1.165) is 19.4 Å². The Morgan fingerprint density at radius 1 is 1.17 bits per heavy atom. The Balaban J connectivity index is 2.05. The molecule has 2 fully saturated rings. The van der Waals surface area contributed by atoms with Crippen molar-refractivity contribution in [3.05, 3.63) is 0 Å². The minimum absolute atomic E-state index is 0.377. The van der Waals surface area contributed by atoms with E-state index >= 15 is 0 Å². The van der Waals surface area contributed by atoms with Crippen molar-refractivity contribution in [1.82, 2.24) is 0 Å². The minimum Gasteiger partial charge on any atom is -0.375 e. The minimum atomic E-state index is 0.377. The Bertz CT molecular complexity index is 142. The van der Waals surface area contributed by atoms with Crippen LogP contribution in [0.2, 0.25) is 0 Å². The van der Waals surface area contributed by atoms with Crippen molar-refractivity contribution in [2.45, 2.75) is 51.4 Å². The van der Waals surface area contributed by atoms with Crippen LogP contribution in [0.15, 0.2) is 0 Å². The Labute approximate surface area is 74.2 Å². The van der Waals surface area contributed by atoms with Crippen molar-refractivity contribution >= 4 is 0 Å². The van der Waals surface area contributed by atoms with Gasteiger partial charge in [0, 0.05) is 12.5 Å². The SMILES string of the molecule is CCC1OC(CC)C2OCCC12. The fourth-order valence-corrected chi connectivity index (χ4v) is 2.54. The van der Waals surface area contributed by atoms with E-state index < -0.39 is 0 Å². The molecule has 2 saturated heterocycles. The Morgan fingerprint density at radius 3 is 2.58 bits per heavy atom. The van der Waals surface area contributed by atoms with Crippen LogP contribution < -0.4 is 0 Å². The van der Waals surface area contributed by atoms with Crippen LogP contribution in [0.25, 0.3) is 0 Å². The molecule has 0 bridgehead atoms. The van der Waals surface area contributed by atoms with Gasteiger partial charge in [0.05, 0.1) is 18.3 Å². The molecule has 0 aromatic carbocycles. The second-order valence-corrected chi connectivity index (χ2v) is 3.82. The van der Waals surface area contributed by atoms with Crippen LogP contribution in [0.3, 0.4) is 0 Å². The maximum absolute atomic E-state index is 5.90. The van der Waals surface area contributed by atoms with Gasteiger partial charge in [-0.1, -0.05) is 13.8 Å². The molecule has 4 unspecified atom stereocenters. The summed E-state index contributed by atoms with van der Waals surface area (Å²) < 4.78 is 11.6. The van der Waals surface area contributed by atoms with Gasteiger partial charge in [-0.05, 0) is 19.3 Å². The van der Waals surface area contributed by atoms with Gasteiger partial charge in [0.1, 0.15) is 0 Å². The molecule has 2 heteroatoms. The fraction of sp³-hybridized carbons (Fsp3) is 1.00. The van der Waals surface area contributed by atoms with E-state index in [9.17, 15) is 0 Å². The maximum Gasteiger partial charge on any atom is 0.0890 e. The zero-order valence-corrected chi connectivity index (χ0v) is 7.95. The molecule has 4 atom stereocenters. The molecule has 0 amide bonds. The predicted octanol–water partition coefficient (Wildman–Crippen LogP) is 1.98. The molecule has 0 saturated carbocycles. The van der Waals surface area contributed by atoms with Crippen LogP contribution in [0, 0.1) is 5.92 Å². The normalized spacial score (nSPS) is 46.5. The summed E-state index contributed by atoms with van der Waals surface area (Å²) in [6.07, 6.45) is 4.71. The number of hydrogen-bond acceptors (Lipinski definition) is 2. The van der Waals surface area contributed by atoms with Crippen LogP contribution in [-0.2, 0) is 9.47 Å². The van der Waals surface area contributed by atoms with Gasteiger partial charge < -0.3 is 9.47 Å². The predicted molar refractivity (Wildman–Crippen MR) is 47.1 cm³/mol. The zero-order chi connectivity index (χ0) is 8.55. The van der Waals surface area contributed by atoms with Crippen molar-refractivity contribution in [3.63, 3.8) is 0 Å². The second kappa shape index (κ2) is 3.35. The van der Waals surface area contributed by atoms with Gasteiger partial charge in [-0.2, -0.15) is 0 Å². The van der Waals surface area contributed by atoms with Crippen molar-refractivity contribution in [1.29, 1.82) is 0 Å². The summed E-state index contributed by atoms with van der Waals surface area (Å²) in [7, 11) is 0. The number of ether oxygens (including phenoxy) is 2. The standard InChI is InChI=1S/C10H18O2/c1-3-8-7-5-6-11-10(7)9(4-2)12-8/h7-10H,3-6H2,1-2H3. The molecule has 0 spiro atoms. The highest BCUT2D eigenvalue weighted by Gasteiger charge is 2.46. The quantitative estimate of drug-likeness (QED) is 0.631. The van der Waals surface area contributed by atoms with Crippen LogP contribution in [0.5, 0.6) is 0 Å². The molecule has 0 aromatic heterocycles. The van der Waals surface area contributed by atoms with Crippen LogP contribution in [-0.4, -0.2) is 24.9 Å². The summed E-state index contributed by atoms with van der Waals surface area (Å²) in [5, 5.41) is 0. The average molecular weight is 170 g/mol. The summed E-state index contributed by atoms with van der Waals surface area (Å²) in [6, 6.07) is 0. The largest absolute Gasteiger partial charge is 0.375 e. The summed E-state index contributed by atoms with van der Waals surface area (Å²) >= 11 is 0. The number of fused-ring (bicyclic) bond motifs is 1. The summed E-state index contributed by atoms with van der Waals surface area (Å²) in [6.45, 7) is 5.34. The molecule has 2 aliphatic rings. The maximum atomic E-state index is 5.90. The third kappa shape index (κ3) is 1.17. The summed E-state index contributed by atoms with van der Waals surface area (Å²) in [5.74, 6) is 0.694. The monoisotopic (exact) mass is 170 g/mol. The third-order valence-electron chi connectivity index (χ3n) is 3.18. The molecule has 2 heterocycles. The van der Waals surface area contributed by atoms with Crippen molar-refractivity contribution in [2.24, 2.45) is 5.92 Å². The van der Waals surface area contributed by atoms with Crippen molar-refractivity contribution in [2.75, 3.05) is 6.61 Å². The van der Waals surface area contributed by atoms with Gasteiger partial charge in [-0.3, -0.25) is 0 Å². The molecule has 0 radical (unpaired) electrons. The van der Waals surface area contributed by atoms with Gasteiger partial charge in [0.2, 0.25) is 0 Å². The van der Waals surface area contributed by atoms with Crippen molar-refractivity contribution < 1.29 is 9.47 Å². The first-order chi connectivity index (χ1) is 5.86. The van der Waals surface area contributed by atoms with E-state index in [2.05, 4.69) is 13.8 Å². The van der Waals surface area contributed by atoms with E-state index in [-0.39, 0.29) is 0 Å². The molecule has 2 nitrogen and oxygen atoms in total. The topological polar surface area (TPSA) is 18.5 Å². The summed E-state index contributed by atoms with van der Waals surface area (Å²) in [4.78, 5) is 0. The first-order valence-corrected chi connectivity index (χ1v) is 5.13. The molecule has 2 aliphatic heterocycles. The van der Waals surface area contributed by atoms with E-state index in [1.807, 2.05) is 0 Å². The average Bonchev–Trinajstić information content (AvgIpc) is 2.63. The highest BCUT2D eigenvalue weighted by Crippen LogP contribution is 2.38. The van der Waals surface area contributed by atoms with Gasteiger partial charge in [0.15, 0.2) is 0 Å². The smallest absolute Gasteiger partial charge is 0.0890 e.